The van der Waals surface area contributed by atoms with E-state index in [1.807, 2.05) is 0 Å². The van der Waals surface area contributed by atoms with Crippen molar-refractivity contribution < 1.29 is 13.9 Å². The second kappa shape index (κ2) is 6.19. The molecule has 0 atom stereocenters. The van der Waals surface area contributed by atoms with Crippen LogP contribution in [-0.2, 0) is 6.54 Å². The van der Waals surface area contributed by atoms with E-state index in [1.54, 1.807) is 12.1 Å². The van der Waals surface area contributed by atoms with Crippen molar-refractivity contribution in [2.75, 3.05) is 31.1 Å². The topological polar surface area (TPSA) is 56.9 Å². The van der Waals surface area contributed by atoms with Crippen molar-refractivity contribution in [3.8, 4) is 5.75 Å². The summed E-state index contributed by atoms with van der Waals surface area (Å²) >= 11 is 0. The third-order valence-electron chi connectivity index (χ3n) is 3.81. The van der Waals surface area contributed by atoms with Crippen LogP contribution in [0.25, 0.3) is 0 Å². The third kappa shape index (κ3) is 3.28. The van der Waals surface area contributed by atoms with Gasteiger partial charge in [-0.2, -0.15) is 0 Å². The number of anilines is 1. The average Bonchev–Trinajstić information content (AvgIpc) is 2.53. The maximum Gasteiger partial charge on any atom is 0.226 e. The van der Waals surface area contributed by atoms with Crippen LogP contribution in [0.2, 0.25) is 0 Å². The smallest absolute Gasteiger partial charge is 0.226 e. The summed E-state index contributed by atoms with van der Waals surface area (Å²) in [5.74, 6) is -0.0624. The van der Waals surface area contributed by atoms with Crippen LogP contribution < -0.4 is 10.3 Å². The number of nitrogens with zero attached hydrogens (tertiary/aromatic N) is 2. The summed E-state index contributed by atoms with van der Waals surface area (Å²) in [6.07, 6.45) is 1.08. The molecule has 1 aliphatic rings. The molecule has 0 amide bonds. The lowest BCUT2D eigenvalue weighted by atomic mass is 10.2. The molecule has 0 bridgehead atoms. The molecule has 1 N–H and O–H groups in total. The number of piperazine rings is 1. The van der Waals surface area contributed by atoms with E-state index in [1.165, 1.54) is 18.2 Å². The molecular weight excluding hydrogens is 287 g/mol. The second-order valence-corrected chi connectivity index (χ2v) is 5.34. The predicted octanol–water partition coefficient (Wildman–Crippen LogP) is 1.81. The van der Waals surface area contributed by atoms with E-state index >= 15 is 0 Å². The summed E-state index contributed by atoms with van der Waals surface area (Å²) in [5, 5.41) is 9.18. The Labute approximate surface area is 127 Å². The molecule has 116 valence electrons. The highest BCUT2D eigenvalue weighted by molar-refractivity contribution is 5.46. The molecule has 1 saturated heterocycles. The van der Waals surface area contributed by atoms with Gasteiger partial charge in [-0.1, -0.05) is 0 Å². The number of hydrogen-bond acceptors (Lipinski definition) is 5. The summed E-state index contributed by atoms with van der Waals surface area (Å²) in [6.45, 7) is 3.83. The van der Waals surface area contributed by atoms with E-state index in [-0.39, 0.29) is 11.6 Å². The first-order chi connectivity index (χ1) is 10.6. The zero-order chi connectivity index (χ0) is 15.5. The van der Waals surface area contributed by atoms with E-state index < -0.39 is 5.43 Å². The molecule has 0 unspecified atom stereocenters. The van der Waals surface area contributed by atoms with Gasteiger partial charge in [0.2, 0.25) is 5.43 Å². The van der Waals surface area contributed by atoms with Crippen molar-refractivity contribution in [1.82, 2.24) is 4.90 Å². The van der Waals surface area contributed by atoms with Gasteiger partial charge in [-0.15, -0.1) is 0 Å². The van der Waals surface area contributed by atoms with E-state index in [9.17, 15) is 14.3 Å². The molecule has 1 aromatic heterocycles. The van der Waals surface area contributed by atoms with Crippen LogP contribution in [0.15, 0.2) is 45.8 Å². The lowest BCUT2D eigenvalue weighted by Crippen LogP contribution is -2.46. The molecule has 3 rings (SSSR count). The Morgan fingerprint density at radius 3 is 2.45 bits per heavy atom. The number of benzene rings is 1. The van der Waals surface area contributed by atoms with Gasteiger partial charge in [0.25, 0.3) is 0 Å². The molecule has 0 spiro atoms. The molecule has 5 nitrogen and oxygen atoms in total. The van der Waals surface area contributed by atoms with E-state index in [2.05, 4.69) is 9.80 Å². The van der Waals surface area contributed by atoms with Gasteiger partial charge in [0.05, 0.1) is 6.54 Å². The molecule has 1 fully saturated rings. The molecular formula is C16H17FN2O3. The Morgan fingerprint density at radius 1 is 1.14 bits per heavy atom. The van der Waals surface area contributed by atoms with E-state index in [0.29, 0.717) is 12.3 Å². The van der Waals surface area contributed by atoms with Crippen LogP contribution >= 0.6 is 0 Å². The lowest BCUT2D eigenvalue weighted by molar-refractivity contribution is 0.227. The minimum Gasteiger partial charge on any atom is -0.502 e. The molecule has 6 heteroatoms. The van der Waals surface area contributed by atoms with Gasteiger partial charge in [-0.05, 0) is 24.3 Å². The van der Waals surface area contributed by atoms with Gasteiger partial charge in [-0.25, -0.2) is 4.39 Å². The van der Waals surface area contributed by atoms with E-state index in [0.717, 1.165) is 38.1 Å². The Morgan fingerprint density at radius 2 is 1.82 bits per heavy atom. The highest BCUT2D eigenvalue weighted by Crippen LogP contribution is 2.18. The van der Waals surface area contributed by atoms with Crippen LogP contribution in [0.5, 0.6) is 5.75 Å². The largest absolute Gasteiger partial charge is 0.502 e. The van der Waals surface area contributed by atoms with Crippen molar-refractivity contribution >= 4 is 5.69 Å². The van der Waals surface area contributed by atoms with Gasteiger partial charge in [-0.3, -0.25) is 9.69 Å². The van der Waals surface area contributed by atoms with Gasteiger partial charge in [0.1, 0.15) is 17.8 Å². The van der Waals surface area contributed by atoms with Crippen LogP contribution in [0.1, 0.15) is 5.76 Å². The first-order valence-electron chi connectivity index (χ1n) is 7.15. The maximum atomic E-state index is 12.9. The fourth-order valence-corrected chi connectivity index (χ4v) is 2.56. The molecule has 0 radical (unpaired) electrons. The van der Waals surface area contributed by atoms with E-state index in [4.69, 9.17) is 4.42 Å². The zero-order valence-corrected chi connectivity index (χ0v) is 12.0. The molecule has 2 heterocycles. The Kier molecular flexibility index (Phi) is 4.11. The Balaban J connectivity index is 1.58. The number of hydrogen-bond donors (Lipinski definition) is 1. The summed E-state index contributed by atoms with van der Waals surface area (Å²) in [4.78, 5) is 15.8. The van der Waals surface area contributed by atoms with Crippen LogP contribution in [0.4, 0.5) is 10.1 Å². The summed E-state index contributed by atoms with van der Waals surface area (Å²) in [7, 11) is 0. The fraction of sp³-hybridized carbons (Fsp3) is 0.312. The molecule has 1 aromatic carbocycles. The summed E-state index contributed by atoms with van der Waals surface area (Å²) < 4.78 is 18.2. The standard InChI is InChI=1S/C16H17FN2O3/c17-12-1-3-13(4-2-12)19-7-5-18(6-8-19)10-14-9-15(20)16(21)11-22-14/h1-4,9,11,21H,5-8,10H2. The van der Waals surface area contributed by atoms with Crippen molar-refractivity contribution in [3.63, 3.8) is 0 Å². The minimum absolute atomic E-state index is 0.232. The van der Waals surface area contributed by atoms with Crippen LogP contribution in [0, 0.1) is 5.82 Å². The summed E-state index contributed by atoms with van der Waals surface area (Å²) in [6, 6.07) is 7.81. The lowest BCUT2D eigenvalue weighted by Gasteiger charge is -2.35. The number of aromatic hydroxyl groups is 1. The van der Waals surface area contributed by atoms with Gasteiger partial charge in [0.15, 0.2) is 5.75 Å². The predicted molar refractivity (Wildman–Crippen MR) is 80.5 cm³/mol. The average molecular weight is 304 g/mol. The molecule has 22 heavy (non-hydrogen) atoms. The van der Waals surface area contributed by atoms with Gasteiger partial charge >= 0.3 is 0 Å². The highest BCUT2D eigenvalue weighted by atomic mass is 19.1. The molecule has 2 aromatic rings. The number of rotatable bonds is 3. The van der Waals surface area contributed by atoms with Gasteiger partial charge < -0.3 is 14.4 Å². The monoisotopic (exact) mass is 304 g/mol. The first kappa shape index (κ1) is 14.6. The second-order valence-electron chi connectivity index (χ2n) is 5.34. The van der Waals surface area contributed by atoms with Crippen LogP contribution in [0.3, 0.4) is 0 Å². The minimum atomic E-state index is -0.425. The Hall–Kier alpha value is -2.34. The van der Waals surface area contributed by atoms with Crippen molar-refractivity contribution in [1.29, 1.82) is 0 Å². The molecule has 0 saturated carbocycles. The fourth-order valence-electron chi connectivity index (χ4n) is 2.56. The van der Waals surface area contributed by atoms with Crippen molar-refractivity contribution in [2.45, 2.75) is 6.54 Å². The highest BCUT2D eigenvalue weighted by Gasteiger charge is 2.18. The quantitative estimate of drug-likeness (QED) is 0.937. The number of halogens is 1. The van der Waals surface area contributed by atoms with Crippen LogP contribution in [-0.4, -0.2) is 36.2 Å². The van der Waals surface area contributed by atoms with Crippen molar-refractivity contribution in [3.05, 3.63) is 58.4 Å². The first-order valence-corrected chi connectivity index (χ1v) is 7.15. The normalized spacial score (nSPS) is 16.0. The molecule has 0 aliphatic carbocycles. The maximum absolute atomic E-state index is 12.9. The summed E-state index contributed by atoms with van der Waals surface area (Å²) in [5.41, 5.74) is 0.586. The van der Waals surface area contributed by atoms with Crippen molar-refractivity contribution in [2.24, 2.45) is 0 Å². The Bertz CT molecular complexity index is 691. The third-order valence-corrected chi connectivity index (χ3v) is 3.81. The molecule has 1 aliphatic heterocycles. The SMILES string of the molecule is O=c1cc(CN2CCN(c3ccc(F)cc3)CC2)occ1O. The zero-order valence-electron chi connectivity index (χ0n) is 12.0. The van der Waals surface area contributed by atoms with Gasteiger partial charge in [0, 0.05) is 37.9 Å².